The topological polar surface area (TPSA) is 58.2 Å². The van der Waals surface area contributed by atoms with E-state index in [2.05, 4.69) is 26.0 Å². The minimum Gasteiger partial charge on any atom is -0.313 e. The number of rotatable bonds is 6. The van der Waals surface area contributed by atoms with E-state index in [4.69, 9.17) is 0 Å². The molecule has 1 aromatic rings. The molecule has 1 aromatic carbocycles. The average molecular weight is 361 g/mol. The Hall–Kier alpha value is -0.430. The fourth-order valence-electron chi connectivity index (χ4n) is 2.19. The molecular formula is C14H21BrN2O2S. The van der Waals surface area contributed by atoms with Crippen molar-refractivity contribution in [3.05, 3.63) is 27.7 Å². The first-order valence-electron chi connectivity index (χ1n) is 6.96. The van der Waals surface area contributed by atoms with Crippen molar-refractivity contribution in [1.82, 2.24) is 10.0 Å². The zero-order chi connectivity index (χ0) is 14.8. The third-order valence-electron chi connectivity index (χ3n) is 3.58. The lowest BCUT2D eigenvalue weighted by Gasteiger charge is -2.26. The quantitative estimate of drug-likeness (QED) is 0.819. The maximum Gasteiger partial charge on any atom is 0.241 e. The summed E-state index contributed by atoms with van der Waals surface area (Å²) in [5.74, 6) is 0. The summed E-state index contributed by atoms with van der Waals surface area (Å²) in [6.45, 7) is 5.48. The number of aryl methyl sites for hydroxylation is 1. The summed E-state index contributed by atoms with van der Waals surface area (Å²) in [7, 11) is -3.45. The Morgan fingerprint density at radius 1 is 1.35 bits per heavy atom. The summed E-state index contributed by atoms with van der Waals surface area (Å²) in [6, 6.07) is 3.86. The van der Waals surface area contributed by atoms with Crippen LogP contribution in [0.3, 0.4) is 0 Å². The second-order valence-corrected chi connectivity index (χ2v) is 7.73. The van der Waals surface area contributed by atoms with E-state index in [1.165, 1.54) is 0 Å². The third kappa shape index (κ3) is 3.61. The lowest BCUT2D eigenvalue weighted by atomic mass is 9.94. The first kappa shape index (κ1) is 15.9. The normalized spacial score (nSPS) is 16.1. The minimum atomic E-state index is -3.45. The molecule has 2 rings (SSSR count). The van der Waals surface area contributed by atoms with Crippen molar-refractivity contribution < 1.29 is 8.42 Å². The Bertz CT molecular complexity index is 583. The first-order chi connectivity index (χ1) is 9.44. The second-order valence-electron chi connectivity index (χ2n) is 5.25. The lowest BCUT2D eigenvalue weighted by molar-refractivity contribution is 0.383. The van der Waals surface area contributed by atoms with Crippen molar-refractivity contribution in [3.8, 4) is 0 Å². The van der Waals surface area contributed by atoms with Crippen LogP contribution in [-0.2, 0) is 16.6 Å². The van der Waals surface area contributed by atoms with Gasteiger partial charge in [0.25, 0.3) is 0 Å². The van der Waals surface area contributed by atoms with E-state index in [0.29, 0.717) is 15.9 Å². The zero-order valence-electron chi connectivity index (χ0n) is 11.9. The number of hydrogen-bond acceptors (Lipinski definition) is 3. The Labute approximate surface area is 129 Å². The Morgan fingerprint density at radius 2 is 2.05 bits per heavy atom. The molecule has 0 unspecified atom stereocenters. The van der Waals surface area contributed by atoms with Crippen LogP contribution in [-0.4, -0.2) is 21.0 Å². The summed E-state index contributed by atoms with van der Waals surface area (Å²) in [4.78, 5) is 0.345. The van der Waals surface area contributed by atoms with Gasteiger partial charge in [0.05, 0.1) is 4.90 Å². The molecule has 0 aromatic heterocycles. The fourth-order valence-corrected chi connectivity index (χ4v) is 4.56. The van der Waals surface area contributed by atoms with Gasteiger partial charge in [0.1, 0.15) is 0 Å². The van der Waals surface area contributed by atoms with Crippen molar-refractivity contribution in [2.75, 3.05) is 6.54 Å². The van der Waals surface area contributed by atoms with E-state index in [9.17, 15) is 8.42 Å². The lowest BCUT2D eigenvalue weighted by Crippen LogP contribution is -2.39. The van der Waals surface area contributed by atoms with E-state index < -0.39 is 10.0 Å². The van der Waals surface area contributed by atoms with Crippen LogP contribution in [0.5, 0.6) is 0 Å². The minimum absolute atomic E-state index is 0.102. The molecule has 2 N–H and O–H groups in total. The molecule has 0 amide bonds. The molecule has 1 saturated carbocycles. The average Bonchev–Trinajstić information content (AvgIpc) is 2.35. The predicted octanol–water partition coefficient (Wildman–Crippen LogP) is 2.70. The van der Waals surface area contributed by atoms with E-state index in [1.54, 1.807) is 6.07 Å². The molecule has 20 heavy (non-hydrogen) atoms. The predicted molar refractivity (Wildman–Crippen MR) is 84.2 cm³/mol. The number of hydrogen-bond donors (Lipinski definition) is 2. The number of nitrogens with one attached hydrogen (secondary N) is 2. The van der Waals surface area contributed by atoms with Gasteiger partial charge in [0, 0.05) is 17.1 Å². The highest BCUT2D eigenvalue weighted by atomic mass is 79.9. The molecule has 1 fully saturated rings. The van der Waals surface area contributed by atoms with Crippen LogP contribution < -0.4 is 10.0 Å². The van der Waals surface area contributed by atoms with Crippen LogP contribution in [0.2, 0.25) is 0 Å². The van der Waals surface area contributed by atoms with Gasteiger partial charge in [-0.05, 0) is 59.4 Å². The van der Waals surface area contributed by atoms with Crippen LogP contribution in [0.4, 0.5) is 0 Å². The van der Waals surface area contributed by atoms with Crippen LogP contribution >= 0.6 is 15.9 Å². The van der Waals surface area contributed by atoms with Gasteiger partial charge in [-0.15, -0.1) is 0 Å². The van der Waals surface area contributed by atoms with E-state index >= 15 is 0 Å². The molecule has 1 aliphatic carbocycles. The molecule has 0 atom stereocenters. The molecule has 0 radical (unpaired) electrons. The van der Waals surface area contributed by atoms with Crippen molar-refractivity contribution in [1.29, 1.82) is 0 Å². The highest BCUT2D eigenvalue weighted by molar-refractivity contribution is 9.10. The van der Waals surface area contributed by atoms with Gasteiger partial charge in [-0.25, -0.2) is 13.1 Å². The van der Waals surface area contributed by atoms with Crippen LogP contribution in [0, 0.1) is 6.92 Å². The Kier molecular flexibility index (Phi) is 5.23. The molecule has 6 heteroatoms. The molecule has 1 aliphatic rings. The van der Waals surface area contributed by atoms with E-state index in [1.807, 2.05) is 19.9 Å². The van der Waals surface area contributed by atoms with Gasteiger partial charge >= 0.3 is 0 Å². The smallest absolute Gasteiger partial charge is 0.241 e. The number of benzene rings is 1. The van der Waals surface area contributed by atoms with E-state index in [0.717, 1.165) is 36.9 Å². The number of halogens is 1. The molecule has 0 heterocycles. The van der Waals surface area contributed by atoms with Crippen molar-refractivity contribution >= 4 is 26.0 Å². The molecule has 0 bridgehead atoms. The van der Waals surface area contributed by atoms with Crippen molar-refractivity contribution in [2.24, 2.45) is 0 Å². The van der Waals surface area contributed by atoms with Gasteiger partial charge < -0.3 is 5.32 Å². The maximum absolute atomic E-state index is 12.5. The number of sulfonamides is 1. The maximum atomic E-state index is 12.5. The highest BCUT2D eigenvalue weighted by Crippen LogP contribution is 2.29. The van der Waals surface area contributed by atoms with Crippen molar-refractivity contribution in [3.63, 3.8) is 0 Å². The van der Waals surface area contributed by atoms with Crippen molar-refractivity contribution in [2.45, 2.75) is 50.6 Å². The SMILES string of the molecule is CCNCc1cc(C)c(Br)c(S(=O)(=O)NC2CCC2)c1. The van der Waals surface area contributed by atoms with Crippen LogP contribution in [0.15, 0.2) is 21.5 Å². The molecule has 0 aliphatic heterocycles. The van der Waals surface area contributed by atoms with Crippen LogP contribution in [0.1, 0.15) is 37.3 Å². The van der Waals surface area contributed by atoms with Gasteiger partial charge in [-0.1, -0.05) is 19.4 Å². The summed E-state index contributed by atoms with van der Waals surface area (Å²) >= 11 is 3.41. The van der Waals surface area contributed by atoms with Gasteiger partial charge in [0.15, 0.2) is 0 Å². The van der Waals surface area contributed by atoms with Gasteiger partial charge in [-0.3, -0.25) is 0 Å². The molecular weight excluding hydrogens is 340 g/mol. The summed E-state index contributed by atoms with van der Waals surface area (Å²) in [5.41, 5.74) is 1.93. The standard InChI is InChI=1S/C14H21BrN2O2S/c1-3-16-9-11-7-10(2)14(15)13(8-11)20(18,19)17-12-5-4-6-12/h7-8,12,16-17H,3-6,9H2,1-2H3. The Morgan fingerprint density at radius 3 is 2.60 bits per heavy atom. The van der Waals surface area contributed by atoms with Crippen LogP contribution in [0.25, 0.3) is 0 Å². The largest absolute Gasteiger partial charge is 0.313 e. The monoisotopic (exact) mass is 360 g/mol. The first-order valence-corrected chi connectivity index (χ1v) is 9.23. The van der Waals surface area contributed by atoms with E-state index in [-0.39, 0.29) is 6.04 Å². The molecule has 112 valence electrons. The summed E-state index contributed by atoms with van der Waals surface area (Å²) in [6.07, 6.45) is 2.98. The fraction of sp³-hybridized carbons (Fsp3) is 0.571. The third-order valence-corrected chi connectivity index (χ3v) is 6.44. The molecule has 0 spiro atoms. The second kappa shape index (κ2) is 6.56. The Balaban J connectivity index is 2.30. The van der Waals surface area contributed by atoms with Gasteiger partial charge in [0.2, 0.25) is 10.0 Å². The summed E-state index contributed by atoms with van der Waals surface area (Å²) < 4.78 is 28.4. The molecule has 4 nitrogen and oxygen atoms in total. The van der Waals surface area contributed by atoms with Gasteiger partial charge in [-0.2, -0.15) is 0 Å². The zero-order valence-corrected chi connectivity index (χ0v) is 14.3. The highest BCUT2D eigenvalue weighted by Gasteiger charge is 2.26. The summed E-state index contributed by atoms with van der Waals surface area (Å²) in [5, 5.41) is 3.22. The molecule has 0 saturated heterocycles.